The van der Waals surface area contributed by atoms with Crippen LogP contribution in [0, 0.1) is 0 Å². The highest BCUT2D eigenvalue weighted by molar-refractivity contribution is 5.55. The Hall–Kier alpha value is -1.62. The molecule has 5 heteroatoms. The second kappa shape index (κ2) is 3.86. The number of aromatic nitrogens is 3. The molecule has 15 heavy (non-hydrogen) atoms. The van der Waals surface area contributed by atoms with Gasteiger partial charge in [0.25, 0.3) is 0 Å². The van der Waals surface area contributed by atoms with Gasteiger partial charge in [0.2, 0.25) is 0 Å². The van der Waals surface area contributed by atoms with E-state index < -0.39 is 0 Å². The largest absolute Gasteiger partial charge is 0.463 e. The number of rotatable bonds is 3. The Labute approximate surface area is 87.3 Å². The van der Waals surface area contributed by atoms with Crippen LogP contribution in [0.25, 0.3) is 11.5 Å². The summed E-state index contributed by atoms with van der Waals surface area (Å²) in [5.41, 5.74) is 1.29. The van der Waals surface area contributed by atoms with Gasteiger partial charge in [-0.15, -0.1) is 5.10 Å². The first kappa shape index (κ1) is 9.92. The normalized spacial score (nSPS) is 11.2. The van der Waals surface area contributed by atoms with Gasteiger partial charge in [0.1, 0.15) is 11.4 Å². The molecule has 2 aromatic rings. The quantitative estimate of drug-likeness (QED) is 0.830. The fourth-order valence-corrected chi connectivity index (χ4v) is 1.46. The maximum absolute atomic E-state index is 9.15. The minimum absolute atomic E-state index is 0.136. The summed E-state index contributed by atoms with van der Waals surface area (Å²) in [5.74, 6) is 0.678. The van der Waals surface area contributed by atoms with Gasteiger partial charge in [0.05, 0.1) is 12.9 Å². The van der Waals surface area contributed by atoms with Crippen LogP contribution in [-0.2, 0) is 6.61 Å². The fourth-order valence-electron chi connectivity index (χ4n) is 1.46. The number of aliphatic hydroxyl groups excluding tert-OH is 1. The molecule has 0 aliphatic rings. The zero-order valence-corrected chi connectivity index (χ0v) is 8.71. The fraction of sp³-hybridized carbons (Fsp3) is 0.400. The molecule has 2 aromatic heterocycles. The number of nitrogens with zero attached hydrogens (tertiary/aromatic N) is 3. The van der Waals surface area contributed by atoms with Gasteiger partial charge in [-0.05, 0) is 26.0 Å². The first-order valence-electron chi connectivity index (χ1n) is 4.83. The van der Waals surface area contributed by atoms with E-state index in [0.717, 1.165) is 5.69 Å². The second-order valence-electron chi connectivity index (χ2n) is 3.56. The molecule has 0 radical (unpaired) electrons. The first-order valence-corrected chi connectivity index (χ1v) is 4.83. The molecule has 0 aliphatic heterocycles. The van der Waals surface area contributed by atoms with Crippen molar-refractivity contribution in [3.8, 4) is 11.5 Å². The molecular weight excluding hydrogens is 194 g/mol. The monoisotopic (exact) mass is 207 g/mol. The number of furan rings is 1. The maximum Gasteiger partial charge on any atom is 0.153 e. The molecule has 2 heterocycles. The van der Waals surface area contributed by atoms with Crippen LogP contribution >= 0.6 is 0 Å². The summed E-state index contributed by atoms with van der Waals surface area (Å²) in [6.07, 6.45) is 1.59. The summed E-state index contributed by atoms with van der Waals surface area (Å²) < 4.78 is 7.04. The van der Waals surface area contributed by atoms with Crippen LogP contribution in [0.2, 0.25) is 0 Å². The van der Waals surface area contributed by atoms with Crippen molar-refractivity contribution in [2.45, 2.75) is 26.5 Å². The third-order valence-electron chi connectivity index (χ3n) is 2.16. The summed E-state index contributed by atoms with van der Waals surface area (Å²) in [7, 11) is 0. The van der Waals surface area contributed by atoms with Crippen LogP contribution in [0.3, 0.4) is 0 Å². The standard InChI is InChI=1S/C10H13N3O2/c1-7(2)13-10(8(6-14)11-12-13)9-4-3-5-15-9/h3-5,7,14H,6H2,1-2H3. The molecule has 0 saturated carbocycles. The van der Waals surface area contributed by atoms with Gasteiger partial charge in [-0.25, -0.2) is 4.68 Å². The molecule has 0 saturated heterocycles. The number of hydrogen-bond acceptors (Lipinski definition) is 4. The molecule has 2 rings (SSSR count). The van der Waals surface area contributed by atoms with Gasteiger partial charge in [-0.1, -0.05) is 5.21 Å². The molecule has 0 spiro atoms. The van der Waals surface area contributed by atoms with Crippen LogP contribution in [0.1, 0.15) is 25.6 Å². The van der Waals surface area contributed by atoms with E-state index in [4.69, 9.17) is 9.52 Å². The van der Waals surface area contributed by atoms with Crippen LogP contribution in [-0.4, -0.2) is 20.1 Å². The lowest BCUT2D eigenvalue weighted by Crippen LogP contribution is -2.05. The topological polar surface area (TPSA) is 64.1 Å². The van der Waals surface area contributed by atoms with Crippen LogP contribution in [0.5, 0.6) is 0 Å². The molecule has 0 aliphatic carbocycles. The van der Waals surface area contributed by atoms with Crippen molar-refractivity contribution in [2.75, 3.05) is 0 Å². The van der Waals surface area contributed by atoms with Crippen molar-refractivity contribution in [3.63, 3.8) is 0 Å². The van der Waals surface area contributed by atoms with Gasteiger partial charge in [0.15, 0.2) is 5.76 Å². The third kappa shape index (κ3) is 1.66. The molecule has 0 fully saturated rings. The molecule has 5 nitrogen and oxygen atoms in total. The highest BCUT2D eigenvalue weighted by atomic mass is 16.3. The average Bonchev–Trinajstić information content (AvgIpc) is 2.85. The van der Waals surface area contributed by atoms with E-state index in [-0.39, 0.29) is 12.6 Å². The Morgan fingerprint density at radius 3 is 2.87 bits per heavy atom. The van der Waals surface area contributed by atoms with Crippen molar-refractivity contribution in [1.82, 2.24) is 15.0 Å². The Bertz CT molecular complexity index is 431. The van der Waals surface area contributed by atoms with Crippen LogP contribution in [0.4, 0.5) is 0 Å². The van der Waals surface area contributed by atoms with Crippen molar-refractivity contribution in [3.05, 3.63) is 24.1 Å². The third-order valence-corrected chi connectivity index (χ3v) is 2.16. The SMILES string of the molecule is CC(C)n1nnc(CO)c1-c1ccco1. The Morgan fingerprint density at radius 2 is 2.33 bits per heavy atom. The van der Waals surface area contributed by atoms with E-state index in [1.165, 1.54) is 0 Å². The van der Waals surface area contributed by atoms with E-state index >= 15 is 0 Å². The van der Waals surface area contributed by atoms with E-state index in [1.54, 1.807) is 17.0 Å². The van der Waals surface area contributed by atoms with Gasteiger partial charge in [0, 0.05) is 6.04 Å². The average molecular weight is 207 g/mol. The zero-order valence-electron chi connectivity index (χ0n) is 8.71. The predicted octanol–water partition coefficient (Wildman–Crippen LogP) is 1.61. The summed E-state index contributed by atoms with van der Waals surface area (Å²) >= 11 is 0. The van der Waals surface area contributed by atoms with Crippen LogP contribution in [0.15, 0.2) is 22.8 Å². The highest BCUT2D eigenvalue weighted by Crippen LogP contribution is 2.25. The first-order chi connectivity index (χ1) is 7.24. The van der Waals surface area contributed by atoms with Crippen molar-refractivity contribution >= 4 is 0 Å². The van der Waals surface area contributed by atoms with E-state index in [2.05, 4.69) is 10.3 Å². The van der Waals surface area contributed by atoms with E-state index in [0.29, 0.717) is 11.5 Å². The predicted molar refractivity (Wildman–Crippen MR) is 54.0 cm³/mol. The van der Waals surface area contributed by atoms with Crippen molar-refractivity contribution in [2.24, 2.45) is 0 Å². The smallest absolute Gasteiger partial charge is 0.153 e. The minimum atomic E-state index is -0.136. The van der Waals surface area contributed by atoms with Gasteiger partial charge >= 0.3 is 0 Å². The molecule has 0 bridgehead atoms. The van der Waals surface area contributed by atoms with E-state index in [1.807, 2.05) is 19.9 Å². The van der Waals surface area contributed by atoms with Crippen LogP contribution < -0.4 is 0 Å². The molecule has 80 valence electrons. The van der Waals surface area contributed by atoms with Gasteiger partial charge < -0.3 is 9.52 Å². The highest BCUT2D eigenvalue weighted by Gasteiger charge is 2.17. The summed E-state index contributed by atoms with van der Waals surface area (Å²) in [6, 6.07) is 3.81. The molecule has 0 atom stereocenters. The minimum Gasteiger partial charge on any atom is -0.463 e. The summed E-state index contributed by atoms with van der Waals surface area (Å²) in [5, 5.41) is 17.1. The Kier molecular flexibility index (Phi) is 2.55. The van der Waals surface area contributed by atoms with E-state index in [9.17, 15) is 0 Å². The summed E-state index contributed by atoms with van der Waals surface area (Å²) in [4.78, 5) is 0. The number of aliphatic hydroxyl groups is 1. The van der Waals surface area contributed by atoms with Crippen molar-refractivity contribution in [1.29, 1.82) is 0 Å². The molecule has 0 amide bonds. The van der Waals surface area contributed by atoms with Gasteiger partial charge in [-0.2, -0.15) is 0 Å². The second-order valence-corrected chi connectivity index (χ2v) is 3.56. The summed E-state index contributed by atoms with van der Waals surface area (Å²) in [6.45, 7) is 3.87. The molecular formula is C10H13N3O2. The molecule has 0 unspecified atom stereocenters. The number of hydrogen-bond donors (Lipinski definition) is 1. The molecule has 1 N–H and O–H groups in total. The Morgan fingerprint density at radius 1 is 1.53 bits per heavy atom. The lowest BCUT2D eigenvalue weighted by molar-refractivity contribution is 0.277. The maximum atomic E-state index is 9.15. The lowest BCUT2D eigenvalue weighted by atomic mass is 10.2. The molecule has 0 aromatic carbocycles. The Balaban J connectivity index is 2.56. The zero-order chi connectivity index (χ0) is 10.8. The lowest BCUT2D eigenvalue weighted by Gasteiger charge is -2.08. The van der Waals surface area contributed by atoms with Gasteiger partial charge in [-0.3, -0.25) is 0 Å². The van der Waals surface area contributed by atoms with Crippen molar-refractivity contribution < 1.29 is 9.52 Å².